The highest BCUT2D eigenvalue weighted by Gasteiger charge is 2.07. The van der Waals surface area contributed by atoms with Gasteiger partial charge in [0.25, 0.3) is 0 Å². The van der Waals surface area contributed by atoms with Crippen molar-refractivity contribution in [1.29, 1.82) is 0 Å². The summed E-state index contributed by atoms with van der Waals surface area (Å²) in [5.74, 6) is 0.716. The van der Waals surface area contributed by atoms with Gasteiger partial charge in [-0.3, -0.25) is 4.98 Å². The van der Waals surface area contributed by atoms with E-state index in [1.165, 1.54) is 0 Å². The first-order valence-corrected chi connectivity index (χ1v) is 7.37. The summed E-state index contributed by atoms with van der Waals surface area (Å²) in [6, 6.07) is 16.0. The molecule has 0 spiro atoms. The summed E-state index contributed by atoms with van der Waals surface area (Å²) in [7, 11) is 0. The maximum atomic E-state index is 4.71. The second-order valence-electron chi connectivity index (χ2n) is 4.78. The van der Waals surface area contributed by atoms with E-state index >= 15 is 0 Å². The maximum absolute atomic E-state index is 4.71. The van der Waals surface area contributed by atoms with Gasteiger partial charge in [-0.05, 0) is 18.2 Å². The lowest BCUT2D eigenvalue weighted by atomic mass is 10.1. The smallest absolute Gasteiger partial charge is 0.159 e. The number of rotatable bonds is 1. The fourth-order valence-corrected chi connectivity index (χ4v) is 2.63. The highest BCUT2D eigenvalue weighted by molar-refractivity contribution is 9.10. The van der Waals surface area contributed by atoms with Crippen LogP contribution in [0.1, 0.15) is 0 Å². The maximum Gasteiger partial charge on any atom is 0.159 e. The molecule has 0 fully saturated rings. The van der Waals surface area contributed by atoms with Crippen LogP contribution in [0.5, 0.6) is 0 Å². The molecule has 4 aromatic rings. The lowest BCUT2D eigenvalue weighted by Gasteiger charge is -2.05. The normalized spacial score (nSPS) is 11.1. The van der Waals surface area contributed by atoms with Gasteiger partial charge in [0.15, 0.2) is 5.82 Å². The van der Waals surface area contributed by atoms with E-state index in [2.05, 4.69) is 25.9 Å². The van der Waals surface area contributed by atoms with Crippen molar-refractivity contribution in [3.63, 3.8) is 0 Å². The Bertz CT molecular complexity index is 949. The lowest BCUT2D eigenvalue weighted by molar-refractivity contribution is 1.23. The predicted molar refractivity (Wildman–Crippen MR) is 88.0 cm³/mol. The summed E-state index contributed by atoms with van der Waals surface area (Å²) >= 11 is 3.44. The van der Waals surface area contributed by atoms with Gasteiger partial charge in [0.1, 0.15) is 5.52 Å². The molecule has 2 heterocycles. The third-order valence-corrected chi connectivity index (χ3v) is 3.95. The molecule has 0 saturated heterocycles. The van der Waals surface area contributed by atoms with Crippen molar-refractivity contribution >= 4 is 37.7 Å². The molecule has 0 bridgehead atoms. The Hall–Kier alpha value is -2.33. The van der Waals surface area contributed by atoms with Crippen LogP contribution in [0.25, 0.3) is 33.2 Å². The molecule has 0 unspecified atom stereocenters. The Balaban J connectivity index is 2.00. The number of benzene rings is 2. The average molecular weight is 336 g/mol. The van der Waals surface area contributed by atoms with Crippen LogP contribution in [0.4, 0.5) is 0 Å². The molecule has 0 N–H and O–H groups in total. The summed E-state index contributed by atoms with van der Waals surface area (Å²) in [6.45, 7) is 0. The van der Waals surface area contributed by atoms with Crippen LogP contribution in [-0.4, -0.2) is 15.0 Å². The largest absolute Gasteiger partial charge is 0.254 e. The van der Waals surface area contributed by atoms with Gasteiger partial charge in [-0.1, -0.05) is 46.3 Å². The van der Waals surface area contributed by atoms with Crippen molar-refractivity contribution in [1.82, 2.24) is 15.0 Å². The Labute approximate surface area is 129 Å². The molecule has 21 heavy (non-hydrogen) atoms. The Morgan fingerprint density at radius 3 is 2.43 bits per heavy atom. The molecule has 100 valence electrons. The van der Waals surface area contributed by atoms with Gasteiger partial charge < -0.3 is 0 Å². The molecule has 0 aliphatic carbocycles. The van der Waals surface area contributed by atoms with Gasteiger partial charge in [-0.15, -0.1) is 0 Å². The minimum absolute atomic E-state index is 0.716. The molecule has 0 aliphatic heterocycles. The minimum Gasteiger partial charge on any atom is -0.254 e. The van der Waals surface area contributed by atoms with E-state index in [4.69, 9.17) is 4.98 Å². The molecule has 0 saturated carbocycles. The van der Waals surface area contributed by atoms with Gasteiger partial charge in [-0.2, -0.15) is 0 Å². The van der Waals surface area contributed by atoms with E-state index in [1.807, 2.05) is 54.7 Å². The van der Waals surface area contributed by atoms with E-state index in [0.29, 0.717) is 5.82 Å². The van der Waals surface area contributed by atoms with E-state index in [-0.39, 0.29) is 0 Å². The van der Waals surface area contributed by atoms with E-state index in [1.54, 1.807) is 6.20 Å². The highest BCUT2D eigenvalue weighted by atomic mass is 79.9. The van der Waals surface area contributed by atoms with Crippen LogP contribution in [0, 0.1) is 0 Å². The topological polar surface area (TPSA) is 38.7 Å². The minimum atomic E-state index is 0.716. The molecule has 0 atom stereocenters. The monoisotopic (exact) mass is 335 g/mol. The van der Waals surface area contributed by atoms with Gasteiger partial charge in [0.2, 0.25) is 0 Å². The molecule has 2 aromatic heterocycles. The number of halogens is 1. The van der Waals surface area contributed by atoms with Crippen LogP contribution in [-0.2, 0) is 0 Å². The summed E-state index contributed by atoms with van der Waals surface area (Å²) in [6.07, 6.45) is 3.65. The zero-order chi connectivity index (χ0) is 14.2. The number of pyridine rings is 1. The molecule has 4 rings (SSSR count). The summed E-state index contributed by atoms with van der Waals surface area (Å²) in [5.41, 5.74) is 2.80. The summed E-state index contributed by atoms with van der Waals surface area (Å²) in [5, 5.41) is 2.09. The van der Waals surface area contributed by atoms with Crippen molar-refractivity contribution in [2.75, 3.05) is 0 Å². The fraction of sp³-hybridized carbons (Fsp3) is 0. The molecule has 0 aliphatic rings. The predicted octanol–water partition coefficient (Wildman–Crippen LogP) is 4.61. The van der Waals surface area contributed by atoms with Gasteiger partial charge >= 0.3 is 0 Å². The van der Waals surface area contributed by atoms with Crippen LogP contribution < -0.4 is 0 Å². The number of aromatic nitrogens is 3. The van der Waals surface area contributed by atoms with Gasteiger partial charge in [0, 0.05) is 33.2 Å². The van der Waals surface area contributed by atoms with E-state index in [9.17, 15) is 0 Å². The Morgan fingerprint density at radius 1 is 0.762 bits per heavy atom. The fourth-order valence-electron chi connectivity index (χ4n) is 2.37. The molecule has 0 radical (unpaired) electrons. The third kappa shape index (κ3) is 2.17. The zero-order valence-corrected chi connectivity index (χ0v) is 12.6. The molecule has 4 heteroatoms. The van der Waals surface area contributed by atoms with Crippen molar-refractivity contribution in [3.05, 3.63) is 65.4 Å². The first kappa shape index (κ1) is 12.4. The molecular formula is C17H10BrN3. The standard InChI is InChI=1S/C17H10BrN3/c18-14-7-5-12(6-8-14)17-20-10-13-4-3-11-2-1-9-19-15(11)16(13)21-17/h1-10H. The summed E-state index contributed by atoms with van der Waals surface area (Å²) < 4.78 is 1.04. The molecule has 2 aromatic carbocycles. The van der Waals surface area contributed by atoms with Crippen molar-refractivity contribution in [2.24, 2.45) is 0 Å². The second kappa shape index (κ2) is 4.90. The number of hydrogen-bond acceptors (Lipinski definition) is 3. The summed E-state index contributed by atoms with van der Waals surface area (Å²) in [4.78, 5) is 13.6. The Morgan fingerprint density at radius 2 is 1.57 bits per heavy atom. The van der Waals surface area contributed by atoms with Crippen LogP contribution in [0.15, 0.2) is 65.4 Å². The number of hydrogen-bond donors (Lipinski definition) is 0. The zero-order valence-electron chi connectivity index (χ0n) is 11.0. The van der Waals surface area contributed by atoms with E-state index < -0.39 is 0 Å². The van der Waals surface area contributed by atoms with Gasteiger partial charge in [0.05, 0.1) is 5.52 Å². The molecule has 3 nitrogen and oxygen atoms in total. The van der Waals surface area contributed by atoms with Crippen LogP contribution in [0.3, 0.4) is 0 Å². The van der Waals surface area contributed by atoms with Crippen LogP contribution in [0.2, 0.25) is 0 Å². The highest BCUT2D eigenvalue weighted by Crippen LogP contribution is 2.24. The first-order chi connectivity index (χ1) is 10.3. The molecular weight excluding hydrogens is 326 g/mol. The lowest BCUT2D eigenvalue weighted by Crippen LogP contribution is -1.91. The average Bonchev–Trinajstić information content (AvgIpc) is 2.55. The quantitative estimate of drug-likeness (QED) is 0.477. The first-order valence-electron chi connectivity index (χ1n) is 6.58. The number of nitrogens with zero attached hydrogens (tertiary/aromatic N) is 3. The SMILES string of the molecule is Brc1ccc(-c2ncc3ccc4cccnc4c3n2)cc1. The van der Waals surface area contributed by atoms with Crippen LogP contribution >= 0.6 is 15.9 Å². The number of fused-ring (bicyclic) bond motifs is 3. The second-order valence-corrected chi connectivity index (χ2v) is 5.69. The van der Waals surface area contributed by atoms with Crippen molar-refractivity contribution in [2.45, 2.75) is 0 Å². The third-order valence-electron chi connectivity index (χ3n) is 3.43. The Kier molecular flexibility index (Phi) is 2.89. The van der Waals surface area contributed by atoms with Gasteiger partial charge in [-0.25, -0.2) is 9.97 Å². The van der Waals surface area contributed by atoms with Crippen molar-refractivity contribution < 1.29 is 0 Å². The van der Waals surface area contributed by atoms with E-state index in [0.717, 1.165) is 31.8 Å². The van der Waals surface area contributed by atoms with Crippen molar-refractivity contribution in [3.8, 4) is 11.4 Å². The molecule has 0 amide bonds.